The average Bonchev–Trinajstić information content (AvgIpc) is 2.97. The quantitative estimate of drug-likeness (QED) is 0.714. The number of carbonyl (C=O) groups excluding carboxylic acids is 1. The third-order valence-electron chi connectivity index (χ3n) is 6.66. The molecule has 154 valence electrons. The summed E-state index contributed by atoms with van der Waals surface area (Å²) in [6.45, 7) is 12.6. The molecule has 2 aliphatic heterocycles. The molecule has 0 aliphatic carbocycles. The molecule has 0 aromatic heterocycles. The fraction of sp³-hybridized carbons (Fsp3) is 0.500. The molecule has 0 saturated carbocycles. The number of benzene rings is 2. The number of fused-ring (bicyclic) bond motifs is 2. The average molecular weight is 391 g/mol. The van der Waals surface area contributed by atoms with E-state index in [1.807, 2.05) is 0 Å². The number of carbonyl (C=O) groups is 1. The Kier molecular flexibility index (Phi) is 5.52. The van der Waals surface area contributed by atoms with Crippen LogP contribution in [0.3, 0.4) is 0 Å². The van der Waals surface area contributed by atoms with Gasteiger partial charge in [0.05, 0.1) is 0 Å². The van der Waals surface area contributed by atoms with E-state index in [9.17, 15) is 4.79 Å². The second kappa shape index (κ2) is 7.95. The van der Waals surface area contributed by atoms with Crippen LogP contribution in [-0.4, -0.2) is 30.4 Å². The van der Waals surface area contributed by atoms with Gasteiger partial charge < -0.3 is 4.90 Å². The lowest BCUT2D eigenvalue weighted by Crippen LogP contribution is -2.45. The van der Waals surface area contributed by atoms with E-state index in [-0.39, 0.29) is 11.3 Å². The topological polar surface area (TPSA) is 23.6 Å². The van der Waals surface area contributed by atoms with E-state index in [1.54, 1.807) is 0 Å². The van der Waals surface area contributed by atoms with Gasteiger partial charge in [-0.2, -0.15) is 0 Å². The standard InChI is InChI=1S/C26H34N2O/c1-19(2)14-25(29)28-18-26(23-16-21(4)8-9-24(23)28)10-12-27(13-11-26)17-22-7-5-6-20(3)15-22/h5-9,15-16,19H,10-14,17-18H2,1-4H3. The Morgan fingerprint density at radius 3 is 2.45 bits per heavy atom. The monoisotopic (exact) mass is 390 g/mol. The Morgan fingerprint density at radius 2 is 1.76 bits per heavy atom. The normalized spacial score (nSPS) is 18.4. The van der Waals surface area contributed by atoms with Gasteiger partial charge in [-0.3, -0.25) is 9.69 Å². The number of piperidine rings is 1. The summed E-state index contributed by atoms with van der Waals surface area (Å²) in [5.74, 6) is 0.674. The molecule has 2 heterocycles. The van der Waals surface area contributed by atoms with Crippen molar-refractivity contribution in [2.24, 2.45) is 5.92 Å². The van der Waals surface area contributed by atoms with Crippen LogP contribution in [0.15, 0.2) is 42.5 Å². The number of aryl methyl sites for hydroxylation is 2. The zero-order chi connectivity index (χ0) is 20.6. The first-order valence-corrected chi connectivity index (χ1v) is 11.1. The van der Waals surface area contributed by atoms with Crippen LogP contribution >= 0.6 is 0 Å². The van der Waals surface area contributed by atoms with Crippen molar-refractivity contribution in [3.63, 3.8) is 0 Å². The minimum absolute atomic E-state index is 0.122. The molecular weight excluding hydrogens is 356 g/mol. The van der Waals surface area contributed by atoms with Crippen LogP contribution in [-0.2, 0) is 16.8 Å². The Morgan fingerprint density at radius 1 is 1.03 bits per heavy atom. The third kappa shape index (κ3) is 4.11. The third-order valence-corrected chi connectivity index (χ3v) is 6.66. The fourth-order valence-electron chi connectivity index (χ4n) is 5.10. The predicted octanol–water partition coefficient (Wildman–Crippen LogP) is 5.23. The van der Waals surface area contributed by atoms with Crippen LogP contribution in [0.1, 0.15) is 55.4 Å². The number of amides is 1. The zero-order valence-electron chi connectivity index (χ0n) is 18.4. The summed E-state index contributed by atoms with van der Waals surface area (Å²) in [6, 6.07) is 15.5. The highest BCUT2D eigenvalue weighted by Gasteiger charge is 2.46. The number of hydrogen-bond donors (Lipinski definition) is 0. The van der Waals surface area contributed by atoms with Crippen molar-refractivity contribution >= 4 is 11.6 Å². The number of anilines is 1. The lowest BCUT2D eigenvalue weighted by Gasteiger charge is -2.40. The second-order valence-corrected chi connectivity index (χ2v) is 9.64. The van der Waals surface area contributed by atoms with Gasteiger partial charge >= 0.3 is 0 Å². The fourth-order valence-corrected chi connectivity index (χ4v) is 5.10. The van der Waals surface area contributed by atoms with Crippen LogP contribution < -0.4 is 4.90 Å². The van der Waals surface area contributed by atoms with Crippen molar-refractivity contribution < 1.29 is 4.79 Å². The molecule has 3 nitrogen and oxygen atoms in total. The van der Waals surface area contributed by atoms with E-state index in [1.165, 1.54) is 22.3 Å². The van der Waals surface area contributed by atoms with Gasteiger partial charge in [0.15, 0.2) is 0 Å². The van der Waals surface area contributed by atoms with E-state index < -0.39 is 0 Å². The minimum atomic E-state index is 0.122. The van der Waals surface area contributed by atoms with Gasteiger partial charge in [0, 0.05) is 30.6 Å². The molecule has 0 bridgehead atoms. The minimum Gasteiger partial charge on any atom is -0.311 e. The first kappa shape index (κ1) is 20.2. The molecule has 1 fully saturated rings. The number of hydrogen-bond acceptors (Lipinski definition) is 2. The summed E-state index contributed by atoms with van der Waals surface area (Å²) >= 11 is 0. The van der Waals surface area contributed by atoms with Crippen LogP contribution in [0.2, 0.25) is 0 Å². The Hall–Kier alpha value is -2.13. The molecule has 1 spiro atoms. The summed E-state index contributed by atoms with van der Waals surface area (Å²) in [7, 11) is 0. The maximum atomic E-state index is 13.0. The van der Waals surface area contributed by atoms with Crippen molar-refractivity contribution in [3.05, 3.63) is 64.7 Å². The van der Waals surface area contributed by atoms with Gasteiger partial charge in [0.2, 0.25) is 5.91 Å². The predicted molar refractivity (Wildman–Crippen MR) is 120 cm³/mol. The number of rotatable bonds is 4. The number of likely N-dealkylation sites (tertiary alicyclic amines) is 1. The van der Waals surface area contributed by atoms with Gasteiger partial charge in [-0.1, -0.05) is 61.4 Å². The molecule has 3 heteroatoms. The molecule has 0 unspecified atom stereocenters. The van der Waals surface area contributed by atoms with E-state index in [0.29, 0.717) is 12.3 Å². The molecule has 2 aromatic rings. The summed E-state index contributed by atoms with van der Waals surface area (Å²) in [4.78, 5) is 17.6. The first-order valence-electron chi connectivity index (χ1n) is 11.1. The van der Waals surface area contributed by atoms with Gasteiger partial charge in [-0.15, -0.1) is 0 Å². The zero-order valence-corrected chi connectivity index (χ0v) is 18.4. The lowest BCUT2D eigenvalue weighted by molar-refractivity contribution is -0.119. The summed E-state index contributed by atoms with van der Waals surface area (Å²) in [5, 5.41) is 0. The van der Waals surface area contributed by atoms with Gasteiger partial charge in [0.1, 0.15) is 0 Å². The molecule has 2 aromatic carbocycles. The van der Waals surface area contributed by atoms with Crippen molar-refractivity contribution in [2.45, 2.75) is 58.9 Å². The maximum absolute atomic E-state index is 13.0. The van der Waals surface area contributed by atoms with E-state index in [2.05, 4.69) is 80.0 Å². The molecule has 1 amide bonds. The molecular formula is C26H34N2O. The maximum Gasteiger partial charge on any atom is 0.227 e. The molecule has 4 rings (SSSR count). The molecule has 29 heavy (non-hydrogen) atoms. The van der Waals surface area contributed by atoms with Gasteiger partial charge in [-0.25, -0.2) is 0 Å². The van der Waals surface area contributed by atoms with Crippen molar-refractivity contribution in [1.82, 2.24) is 4.90 Å². The van der Waals surface area contributed by atoms with Crippen LogP contribution in [0.25, 0.3) is 0 Å². The largest absolute Gasteiger partial charge is 0.311 e. The Labute approximate surface area is 175 Å². The molecule has 2 aliphatic rings. The Balaban J connectivity index is 1.53. The molecule has 0 radical (unpaired) electrons. The summed E-state index contributed by atoms with van der Waals surface area (Å²) in [6.07, 6.45) is 2.88. The van der Waals surface area contributed by atoms with Crippen molar-refractivity contribution in [1.29, 1.82) is 0 Å². The van der Waals surface area contributed by atoms with Crippen LogP contribution in [0.5, 0.6) is 0 Å². The highest BCUT2D eigenvalue weighted by Crippen LogP contribution is 2.47. The van der Waals surface area contributed by atoms with E-state index in [4.69, 9.17) is 0 Å². The first-order chi connectivity index (χ1) is 13.9. The van der Waals surface area contributed by atoms with E-state index in [0.717, 1.165) is 44.7 Å². The van der Waals surface area contributed by atoms with Crippen LogP contribution in [0, 0.1) is 19.8 Å². The molecule has 1 saturated heterocycles. The van der Waals surface area contributed by atoms with Crippen molar-refractivity contribution in [2.75, 3.05) is 24.5 Å². The Bertz CT molecular complexity index is 893. The summed E-state index contributed by atoms with van der Waals surface area (Å²) < 4.78 is 0. The highest BCUT2D eigenvalue weighted by molar-refractivity contribution is 5.96. The second-order valence-electron chi connectivity index (χ2n) is 9.64. The lowest BCUT2D eigenvalue weighted by atomic mass is 9.74. The van der Waals surface area contributed by atoms with E-state index >= 15 is 0 Å². The number of nitrogens with zero attached hydrogens (tertiary/aromatic N) is 2. The van der Waals surface area contributed by atoms with Crippen molar-refractivity contribution in [3.8, 4) is 0 Å². The van der Waals surface area contributed by atoms with Crippen LogP contribution in [0.4, 0.5) is 5.69 Å². The van der Waals surface area contributed by atoms with Gasteiger partial charge in [-0.05, 0) is 62.9 Å². The SMILES string of the molecule is Cc1cccc(CN2CCC3(CC2)CN(C(=O)CC(C)C)c2ccc(C)cc23)c1. The highest BCUT2D eigenvalue weighted by atomic mass is 16.2. The molecule has 0 N–H and O–H groups in total. The van der Waals surface area contributed by atoms with Gasteiger partial charge in [0.25, 0.3) is 0 Å². The smallest absolute Gasteiger partial charge is 0.227 e. The molecule has 0 atom stereocenters. The summed E-state index contributed by atoms with van der Waals surface area (Å²) in [5.41, 5.74) is 6.71.